The van der Waals surface area contributed by atoms with Crippen molar-refractivity contribution in [1.82, 2.24) is 5.32 Å². The summed E-state index contributed by atoms with van der Waals surface area (Å²) in [6.45, 7) is 7.31. The van der Waals surface area contributed by atoms with E-state index in [0.29, 0.717) is 6.42 Å². The van der Waals surface area contributed by atoms with Gasteiger partial charge in [-0.1, -0.05) is 48.9 Å². The van der Waals surface area contributed by atoms with Crippen LogP contribution in [0.2, 0.25) is 0 Å². The van der Waals surface area contributed by atoms with Crippen molar-refractivity contribution >= 4 is 0 Å². The minimum absolute atomic E-state index is 0.120. The molecule has 0 aromatic heterocycles. The smallest absolute Gasteiger partial charge is 0.126 e. The lowest BCUT2D eigenvalue weighted by Gasteiger charge is -2.22. The zero-order valence-electron chi connectivity index (χ0n) is 13.1. The minimum Gasteiger partial charge on any atom is -0.310 e. The van der Waals surface area contributed by atoms with E-state index in [4.69, 9.17) is 0 Å². The van der Waals surface area contributed by atoms with Crippen LogP contribution >= 0.6 is 0 Å². The molecule has 0 radical (unpaired) electrons. The van der Waals surface area contributed by atoms with Crippen LogP contribution in [0.5, 0.6) is 0 Å². The van der Waals surface area contributed by atoms with Gasteiger partial charge in [0, 0.05) is 6.04 Å². The highest BCUT2D eigenvalue weighted by molar-refractivity contribution is 5.34. The van der Waals surface area contributed by atoms with Gasteiger partial charge in [0.1, 0.15) is 5.82 Å². The number of benzene rings is 2. The summed E-state index contributed by atoms with van der Waals surface area (Å²) >= 11 is 0. The second-order valence-corrected chi connectivity index (χ2v) is 5.66. The molecule has 112 valence electrons. The molecule has 2 aromatic carbocycles. The van der Waals surface area contributed by atoms with E-state index in [2.05, 4.69) is 44.3 Å². The van der Waals surface area contributed by atoms with E-state index in [1.54, 1.807) is 6.07 Å². The summed E-state index contributed by atoms with van der Waals surface area (Å²) in [5.41, 5.74) is 4.56. The summed E-state index contributed by atoms with van der Waals surface area (Å²) in [7, 11) is 0. The molecule has 0 spiro atoms. The molecule has 1 unspecified atom stereocenters. The molecule has 21 heavy (non-hydrogen) atoms. The maximum absolute atomic E-state index is 13.9. The van der Waals surface area contributed by atoms with Gasteiger partial charge in [-0.2, -0.15) is 0 Å². The Bertz CT molecular complexity index is 592. The van der Waals surface area contributed by atoms with Gasteiger partial charge in [-0.15, -0.1) is 0 Å². The van der Waals surface area contributed by atoms with E-state index < -0.39 is 0 Å². The standard InChI is InChI=1S/C19H24FN/c1-4-11-21-19(13-16-7-5-6-8-18(16)20)17-10-9-14(2)12-15(17)3/h5-10,12,19,21H,4,11,13H2,1-3H3. The minimum atomic E-state index is -0.120. The number of hydrogen-bond donors (Lipinski definition) is 1. The second kappa shape index (κ2) is 7.37. The Balaban J connectivity index is 2.27. The van der Waals surface area contributed by atoms with Gasteiger partial charge in [0.05, 0.1) is 0 Å². The molecule has 2 aromatic rings. The number of rotatable bonds is 6. The zero-order chi connectivity index (χ0) is 15.2. The summed E-state index contributed by atoms with van der Waals surface area (Å²) < 4.78 is 13.9. The Morgan fingerprint density at radius 2 is 1.86 bits per heavy atom. The van der Waals surface area contributed by atoms with Gasteiger partial charge in [0.15, 0.2) is 0 Å². The van der Waals surface area contributed by atoms with Gasteiger partial charge in [0.2, 0.25) is 0 Å². The quantitative estimate of drug-likeness (QED) is 0.809. The van der Waals surface area contributed by atoms with E-state index in [-0.39, 0.29) is 11.9 Å². The lowest BCUT2D eigenvalue weighted by Crippen LogP contribution is -2.25. The lowest BCUT2D eigenvalue weighted by atomic mass is 9.94. The van der Waals surface area contributed by atoms with E-state index in [0.717, 1.165) is 18.5 Å². The van der Waals surface area contributed by atoms with Crippen molar-refractivity contribution in [2.75, 3.05) is 6.54 Å². The highest BCUT2D eigenvalue weighted by atomic mass is 19.1. The third-order valence-corrected chi connectivity index (χ3v) is 3.82. The van der Waals surface area contributed by atoms with Crippen LogP contribution in [0.15, 0.2) is 42.5 Å². The first-order chi connectivity index (χ1) is 10.1. The van der Waals surface area contributed by atoms with E-state index >= 15 is 0 Å². The van der Waals surface area contributed by atoms with Crippen LogP contribution in [-0.2, 0) is 6.42 Å². The molecule has 2 heteroatoms. The normalized spacial score (nSPS) is 12.4. The molecule has 0 amide bonds. The Hall–Kier alpha value is -1.67. The van der Waals surface area contributed by atoms with Crippen LogP contribution in [0.1, 0.15) is 41.6 Å². The Morgan fingerprint density at radius 1 is 1.10 bits per heavy atom. The first-order valence-corrected chi connectivity index (χ1v) is 7.65. The number of aryl methyl sites for hydroxylation is 2. The molecule has 2 rings (SSSR count). The maximum atomic E-state index is 13.9. The lowest BCUT2D eigenvalue weighted by molar-refractivity contribution is 0.511. The third kappa shape index (κ3) is 4.15. The Labute approximate surface area is 127 Å². The molecule has 0 aliphatic rings. The SMILES string of the molecule is CCCNC(Cc1ccccc1F)c1ccc(C)cc1C. The van der Waals surface area contributed by atoms with Crippen LogP contribution in [-0.4, -0.2) is 6.54 Å². The molecule has 0 saturated heterocycles. The molecule has 0 fully saturated rings. The summed E-state index contributed by atoms with van der Waals surface area (Å²) in [4.78, 5) is 0. The van der Waals surface area contributed by atoms with Crippen LogP contribution < -0.4 is 5.32 Å². The predicted molar refractivity (Wildman–Crippen MR) is 87.1 cm³/mol. The number of hydrogen-bond acceptors (Lipinski definition) is 1. The van der Waals surface area contributed by atoms with Gasteiger partial charge in [-0.3, -0.25) is 0 Å². The van der Waals surface area contributed by atoms with Crippen LogP contribution in [0.3, 0.4) is 0 Å². The summed E-state index contributed by atoms with van der Waals surface area (Å²) in [5, 5.41) is 3.56. The Kier molecular flexibility index (Phi) is 5.51. The maximum Gasteiger partial charge on any atom is 0.126 e. The van der Waals surface area contributed by atoms with Gasteiger partial charge in [-0.05, 0) is 56.0 Å². The van der Waals surface area contributed by atoms with Gasteiger partial charge in [-0.25, -0.2) is 4.39 Å². The molecule has 0 aliphatic heterocycles. The van der Waals surface area contributed by atoms with Crippen molar-refractivity contribution in [3.63, 3.8) is 0 Å². The fourth-order valence-electron chi connectivity index (χ4n) is 2.71. The van der Waals surface area contributed by atoms with E-state index in [1.807, 2.05) is 12.1 Å². The van der Waals surface area contributed by atoms with Crippen molar-refractivity contribution in [3.05, 3.63) is 70.5 Å². The number of halogens is 1. The number of nitrogens with one attached hydrogen (secondary N) is 1. The highest BCUT2D eigenvalue weighted by Gasteiger charge is 2.15. The molecule has 0 aliphatic carbocycles. The van der Waals surface area contributed by atoms with Crippen LogP contribution in [0.25, 0.3) is 0 Å². The summed E-state index contributed by atoms with van der Waals surface area (Å²) in [6, 6.07) is 13.7. The van der Waals surface area contributed by atoms with Crippen LogP contribution in [0.4, 0.5) is 4.39 Å². The Morgan fingerprint density at radius 3 is 2.52 bits per heavy atom. The summed E-state index contributed by atoms with van der Waals surface area (Å²) in [5.74, 6) is -0.120. The molecule has 0 saturated carbocycles. The molecule has 0 bridgehead atoms. The molecule has 1 nitrogen and oxygen atoms in total. The monoisotopic (exact) mass is 285 g/mol. The zero-order valence-corrected chi connectivity index (χ0v) is 13.1. The van der Waals surface area contributed by atoms with Crippen molar-refractivity contribution < 1.29 is 4.39 Å². The van der Waals surface area contributed by atoms with Crippen LogP contribution in [0, 0.1) is 19.7 Å². The molecule has 1 N–H and O–H groups in total. The first kappa shape index (κ1) is 15.7. The van der Waals surface area contributed by atoms with Crippen molar-refractivity contribution in [2.45, 2.75) is 39.7 Å². The van der Waals surface area contributed by atoms with Gasteiger partial charge in [0.25, 0.3) is 0 Å². The first-order valence-electron chi connectivity index (χ1n) is 7.65. The largest absolute Gasteiger partial charge is 0.310 e. The predicted octanol–water partition coefficient (Wildman–Crippen LogP) is 4.73. The average Bonchev–Trinajstić information content (AvgIpc) is 2.46. The second-order valence-electron chi connectivity index (χ2n) is 5.66. The van der Waals surface area contributed by atoms with E-state index in [9.17, 15) is 4.39 Å². The fourth-order valence-corrected chi connectivity index (χ4v) is 2.71. The fraction of sp³-hybridized carbons (Fsp3) is 0.368. The highest BCUT2D eigenvalue weighted by Crippen LogP contribution is 2.24. The van der Waals surface area contributed by atoms with Gasteiger partial charge < -0.3 is 5.32 Å². The van der Waals surface area contributed by atoms with Gasteiger partial charge >= 0.3 is 0 Å². The topological polar surface area (TPSA) is 12.0 Å². The summed E-state index contributed by atoms with van der Waals surface area (Å²) in [6.07, 6.45) is 1.75. The molecular weight excluding hydrogens is 261 g/mol. The average molecular weight is 285 g/mol. The van der Waals surface area contributed by atoms with Crippen molar-refractivity contribution in [2.24, 2.45) is 0 Å². The molecule has 0 heterocycles. The molecular formula is C19H24FN. The van der Waals surface area contributed by atoms with E-state index in [1.165, 1.54) is 22.8 Å². The van der Waals surface area contributed by atoms with Crippen molar-refractivity contribution in [3.8, 4) is 0 Å². The van der Waals surface area contributed by atoms with Crippen molar-refractivity contribution in [1.29, 1.82) is 0 Å². The third-order valence-electron chi connectivity index (χ3n) is 3.82. The molecule has 1 atom stereocenters.